The highest BCUT2D eigenvalue weighted by molar-refractivity contribution is 5.44. The molecular formula is C16H20O3. The average Bonchev–Trinajstić information content (AvgIpc) is 2.92. The van der Waals surface area contributed by atoms with Gasteiger partial charge in [0.05, 0.1) is 19.8 Å². The molecule has 3 heteroatoms. The fraction of sp³-hybridized carbons (Fsp3) is 0.500. The van der Waals surface area contributed by atoms with E-state index in [0.29, 0.717) is 12.3 Å². The van der Waals surface area contributed by atoms with Crippen molar-refractivity contribution in [2.24, 2.45) is 5.92 Å². The summed E-state index contributed by atoms with van der Waals surface area (Å²) in [5.74, 6) is 7.39. The van der Waals surface area contributed by atoms with Crippen LogP contribution in [0.2, 0.25) is 0 Å². The Kier molecular flexibility index (Phi) is 5.26. The van der Waals surface area contributed by atoms with E-state index in [2.05, 4.69) is 11.8 Å². The first-order valence-electron chi connectivity index (χ1n) is 6.70. The second-order valence-electron chi connectivity index (χ2n) is 4.79. The largest absolute Gasteiger partial charge is 0.493 e. The maximum atomic E-state index is 8.70. The Morgan fingerprint density at radius 2 is 2.37 bits per heavy atom. The molecular weight excluding hydrogens is 240 g/mol. The smallest absolute Gasteiger partial charge is 0.119 e. The fourth-order valence-corrected chi connectivity index (χ4v) is 2.01. The normalized spacial score (nSPS) is 17.9. The van der Waals surface area contributed by atoms with Crippen LogP contribution in [0.3, 0.4) is 0 Å². The Labute approximate surface area is 114 Å². The summed E-state index contributed by atoms with van der Waals surface area (Å²) in [6.45, 7) is 4.51. The summed E-state index contributed by atoms with van der Waals surface area (Å²) in [5, 5.41) is 8.70. The third-order valence-electron chi connectivity index (χ3n) is 3.17. The zero-order valence-corrected chi connectivity index (χ0v) is 11.3. The van der Waals surface area contributed by atoms with E-state index < -0.39 is 0 Å². The number of hydrogen-bond donors (Lipinski definition) is 1. The van der Waals surface area contributed by atoms with E-state index in [9.17, 15) is 0 Å². The van der Waals surface area contributed by atoms with Crippen molar-refractivity contribution in [1.29, 1.82) is 0 Å². The molecule has 3 nitrogen and oxygen atoms in total. The first kappa shape index (κ1) is 13.9. The van der Waals surface area contributed by atoms with Crippen molar-refractivity contribution in [1.82, 2.24) is 0 Å². The predicted molar refractivity (Wildman–Crippen MR) is 74.2 cm³/mol. The van der Waals surface area contributed by atoms with Gasteiger partial charge in [-0.15, -0.1) is 0 Å². The lowest BCUT2D eigenvalue weighted by Crippen LogP contribution is -2.11. The van der Waals surface area contributed by atoms with Gasteiger partial charge in [-0.25, -0.2) is 0 Å². The third kappa shape index (κ3) is 4.27. The van der Waals surface area contributed by atoms with Crippen molar-refractivity contribution in [3.63, 3.8) is 0 Å². The minimum atomic E-state index is 0.108. The van der Waals surface area contributed by atoms with Gasteiger partial charge in [0.25, 0.3) is 0 Å². The Hall–Kier alpha value is -1.50. The molecule has 1 aliphatic heterocycles. The SMILES string of the molecule is Cc1cc(OCC2CCOC2)ccc1C#CCCO. The summed E-state index contributed by atoms with van der Waals surface area (Å²) >= 11 is 0. The Morgan fingerprint density at radius 3 is 3.05 bits per heavy atom. The number of rotatable bonds is 4. The van der Waals surface area contributed by atoms with E-state index in [1.165, 1.54) is 0 Å². The predicted octanol–water partition coefficient (Wildman–Crippen LogP) is 2.14. The molecule has 1 aromatic carbocycles. The Bertz CT molecular complexity index is 465. The maximum Gasteiger partial charge on any atom is 0.119 e. The van der Waals surface area contributed by atoms with Gasteiger partial charge in [-0.05, 0) is 37.1 Å². The third-order valence-corrected chi connectivity index (χ3v) is 3.17. The summed E-state index contributed by atoms with van der Waals surface area (Å²) in [6, 6.07) is 5.94. The van der Waals surface area contributed by atoms with E-state index in [1.807, 2.05) is 25.1 Å². The molecule has 1 aromatic rings. The van der Waals surface area contributed by atoms with Gasteiger partial charge in [-0.2, -0.15) is 0 Å². The van der Waals surface area contributed by atoms with Crippen molar-refractivity contribution in [2.75, 3.05) is 26.4 Å². The van der Waals surface area contributed by atoms with E-state index in [4.69, 9.17) is 14.6 Å². The average molecular weight is 260 g/mol. The van der Waals surface area contributed by atoms with Crippen LogP contribution in [0.1, 0.15) is 24.0 Å². The van der Waals surface area contributed by atoms with Gasteiger partial charge in [-0.3, -0.25) is 0 Å². The van der Waals surface area contributed by atoms with Crippen LogP contribution in [-0.4, -0.2) is 31.5 Å². The van der Waals surface area contributed by atoms with Crippen molar-refractivity contribution < 1.29 is 14.6 Å². The van der Waals surface area contributed by atoms with E-state index in [-0.39, 0.29) is 6.61 Å². The lowest BCUT2D eigenvalue weighted by atomic mass is 10.1. The van der Waals surface area contributed by atoms with Gasteiger partial charge in [-0.1, -0.05) is 11.8 Å². The molecule has 1 fully saturated rings. The number of aliphatic hydroxyl groups excluding tert-OH is 1. The van der Waals surface area contributed by atoms with Crippen LogP contribution in [-0.2, 0) is 4.74 Å². The number of aryl methyl sites for hydroxylation is 1. The number of benzene rings is 1. The van der Waals surface area contributed by atoms with Crippen LogP contribution in [0.25, 0.3) is 0 Å². The first-order valence-corrected chi connectivity index (χ1v) is 6.70. The molecule has 0 bridgehead atoms. The molecule has 102 valence electrons. The van der Waals surface area contributed by atoms with Gasteiger partial charge in [0.15, 0.2) is 0 Å². The van der Waals surface area contributed by atoms with Crippen LogP contribution in [0.15, 0.2) is 18.2 Å². The summed E-state index contributed by atoms with van der Waals surface area (Å²) in [4.78, 5) is 0. The first-order chi connectivity index (χ1) is 9.29. The molecule has 19 heavy (non-hydrogen) atoms. The monoisotopic (exact) mass is 260 g/mol. The maximum absolute atomic E-state index is 8.70. The molecule has 0 spiro atoms. The summed E-state index contributed by atoms with van der Waals surface area (Å²) in [5.41, 5.74) is 2.09. The van der Waals surface area contributed by atoms with E-state index in [1.54, 1.807) is 0 Å². The minimum Gasteiger partial charge on any atom is -0.493 e. The number of aliphatic hydroxyl groups is 1. The highest BCUT2D eigenvalue weighted by atomic mass is 16.5. The van der Waals surface area contributed by atoms with E-state index >= 15 is 0 Å². The lowest BCUT2D eigenvalue weighted by molar-refractivity contribution is 0.167. The van der Waals surface area contributed by atoms with Crippen molar-refractivity contribution in [3.05, 3.63) is 29.3 Å². The number of hydrogen-bond acceptors (Lipinski definition) is 3. The molecule has 1 atom stereocenters. The molecule has 1 aliphatic rings. The van der Waals surface area contributed by atoms with Gasteiger partial charge < -0.3 is 14.6 Å². The van der Waals surface area contributed by atoms with Crippen LogP contribution in [0.5, 0.6) is 5.75 Å². The summed E-state index contributed by atoms with van der Waals surface area (Å²) in [7, 11) is 0. The van der Waals surface area contributed by atoms with Crippen LogP contribution >= 0.6 is 0 Å². The second-order valence-corrected chi connectivity index (χ2v) is 4.79. The molecule has 0 radical (unpaired) electrons. The summed E-state index contributed by atoms with van der Waals surface area (Å²) in [6.07, 6.45) is 1.60. The van der Waals surface area contributed by atoms with Gasteiger partial charge in [0.1, 0.15) is 5.75 Å². The molecule has 0 aromatic heterocycles. The van der Waals surface area contributed by atoms with Crippen molar-refractivity contribution in [3.8, 4) is 17.6 Å². The van der Waals surface area contributed by atoms with Crippen molar-refractivity contribution >= 4 is 0 Å². The molecule has 0 aliphatic carbocycles. The van der Waals surface area contributed by atoms with Crippen LogP contribution in [0.4, 0.5) is 0 Å². The topological polar surface area (TPSA) is 38.7 Å². The molecule has 1 heterocycles. The lowest BCUT2D eigenvalue weighted by Gasteiger charge is -2.11. The van der Waals surface area contributed by atoms with Crippen LogP contribution in [0, 0.1) is 24.7 Å². The molecule has 0 amide bonds. The molecule has 1 unspecified atom stereocenters. The minimum absolute atomic E-state index is 0.108. The quantitative estimate of drug-likeness (QED) is 0.843. The zero-order valence-electron chi connectivity index (χ0n) is 11.3. The highest BCUT2D eigenvalue weighted by Crippen LogP contribution is 2.19. The molecule has 1 N–H and O–H groups in total. The Balaban J connectivity index is 1.92. The van der Waals surface area contributed by atoms with E-state index in [0.717, 1.165) is 43.1 Å². The second kappa shape index (κ2) is 7.18. The van der Waals surface area contributed by atoms with Gasteiger partial charge >= 0.3 is 0 Å². The van der Waals surface area contributed by atoms with Crippen molar-refractivity contribution in [2.45, 2.75) is 19.8 Å². The molecule has 2 rings (SSSR count). The fourth-order valence-electron chi connectivity index (χ4n) is 2.01. The number of ether oxygens (including phenoxy) is 2. The standard InChI is InChI=1S/C16H20O3/c1-13-10-16(19-12-14-7-9-18-11-14)6-5-15(13)4-2-3-8-17/h5-6,10,14,17H,3,7-9,11-12H2,1H3. The highest BCUT2D eigenvalue weighted by Gasteiger charge is 2.16. The van der Waals surface area contributed by atoms with Gasteiger partial charge in [0.2, 0.25) is 0 Å². The molecule has 1 saturated heterocycles. The Morgan fingerprint density at radius 1 is 1.47 bits per heavy atom. The molecule has 0 saturated carbocycles. The zero-order chi connectivity index (χ0) is 13.5. The van der Waals surface area contributed by atoms with Crippen LogP contribution < -0.4 is 4.74 Å². The summed E-state index contributed by atoms with van der Waals surface area (Å²) < 4.78 is 11.1. The van der Waals surface area contributed by atoms with Gasteiger partial charge in [0, 0.05) is 24.5 Å².